The highest BCUT2D eigenvalue weighted by Crippen LogP contribution is 2.20. The fourth-order valence-electron chi connectivity index (χ4n) is 0.724. The molecule has 1 aliphatic heterocycles. The van der Waals surface area contributed by atoms with Crippen molar-refractivity contribution in [2.24, 2.45) is 0 Å². The van der Waals surface area contributed by atoms with Gasteiger partial charge >= 0.3 is 0 Å². The average molecular weight is 217 g/mol. The van der Waals surface area contributed by atoms with E-state index in [9.17, 15) is 16.8 Å². The van der Waals surface area contributed by atoms with Crippen molar-refractivity contribution in [3.63, 3.8) is 0 Å². The van der Waals surface area contributed by atoms with Crippen molar-refractivity contribution < 1.29 is 16.8 Å². The average Bonchev–Trinajstić information content (AvgIpc) is 2.07. The lowest BCUT2D eigenvalue weighted by Gasteiger charge is -1.92. The maximum atomic E-state index is 10.7. The van der Waals surface area contributed by atoms with Gasteiger partial charge < -0.3 is 0 Å². The summed E-state index contributed by atoms with van der Waals surface area (Å²) in [6, 6.07) is 0. The molecular weight excluding hydrogens is 212 g/mol. The molecule has 0 atom stereocenters. The highest BCUT2D eigenvalue weighted by atomic mass is 35.7. The van der Waals surface area contributed by atoms with Gasteiger partial charge in [-0.1, -0.05) is 6.08 Å². The lowest BCUT2D eigenvalue weighted by atomic mass is 10.6. The van der Waals surface area contributed by atoms with Crippen molar-refractivity contribution in [2.75, 3.05) is 11.5 Å². The summed E-state index contributed by atoms with van der Waals surface area (Å²) in [5.41, 5.74) is 0. The molecule has 0 N–H and O–H groups in total. The Morgan fingerprint density at radius 3 is 2.18 bits per heavy atom. The Bertz CT molecular complexity index is 388. The van der Waals surface area contributed by atoms with Crippen LogP contribution in [0.3, 0.4) is 0 Å². The van der Waals surface area contributed by atoms with Gasteiger partial charge in [0.15, 0.2) is 9.84 Å². The van der Waals surface area contributed by atoms with Gasteiger partial charge in [0.2, 0.25) is 0 Å². The second-order valence-corrected chi connectivity index (χ2v) is 6.89. The van der Waals surface area contributed by atoms with Crippen LogP contribution >= 0.6 is 10.7 Å². The molecule has 4 nitrogen and oxygen atoms in total. The third kappa shape index (κ3) is 2.18. The van der Waals surface area contributed by atoms with Gasteiger partial charge in [-0.2, -0.15) is 0 Å². The van der Waals surface area contributed by atoms with Gasteiger partial charge in [0.1, 0.15) is 0 Å². The predicted molar refractivity (Wildman–Crippen MR) is 41.5 cm³/mol. The Hall–Kier alpha value is -0.0700. The van der Waals surface area contributed by atoms with Crippen LogP contribution in [0.5, 0.6) is 0 Å². The molecule has 11 heavy (non-hydrogen) atoms. The molecule has 7 heteroatoms. The zero-order chi connectivity index (χ0) is 8.70. The lowest BCUT2D eigenvalue weighted by Crippen LogP contribution is -2.05. The number of rotatable bonds is 1. The summed E-state index contributed by atoms with van der Waals surface area (Å²) in [5, 5.41) is 0. The molecule has 64 valence electrons. The summed E-state index contributed by atoms with van der Waals surface area (Å²) < 4.78 is 42.5. The highest BCUT2D eigenvalue weighted by molar-refractivity contribution is 8.17. The highest BCUT2D eigenvalue weighted by Gasteiger charge is 2.27. The van der Waals surface area contributed by atoms with Gasteiger partial charge in [0.05, 0.1) is 16.4 Å². The van der Waals surface area contributed by atoms with E-state index in [-0.39, 0.29) is 10.7 Å². The normalized spacial score (nSPS) is 23.2. The molecule has 0 spiro atoms. The van der Waals surface area contributed by atoms with Gasteiger partial charge in [0.25, 0.3) is 9.05 Å². The topological polar surface area (TPSA) is 68.3 Å². The van der Waals surface area contributed by atoms with Crippen LogP contribution in [-0.4, -0.2) is 28.3 Å². The maximum Gasteiger partial charge on any atom is 0.258 e. The molecule has 0 radical (unpaired) electrons. The Balaban J connectivity index is 3.02. The minimum Gasteiger partial charge on any atom is -0.228 e. The van der Waals surface area contributed by atoms with Crippen LogP contribution < -0.4 is 0 Å². The van der Waals surface area contributed by atoms with E-state index in [4.69, 9.17) is 10.7 Å². The molecule has 1 aliphatic rings. The van der Waals surface area contributed by atoms with E-state index in [1.807, 2.05) is 0 Å². The fourth-order valence-corrected chi connectivity index (χ4v) is 3.93. The first kappa shape index (κ1) is 9.02. The van der Waals surface area contributed by atoms with Crippen molar-refractivity contribution in [3.05, 3.63) is 11.0 Å². The SMILES string of the molecule is O=S1(=O)CC=C(S(=O)(=O)Cl)C1. The van der Waals surface area contributed by atoms with E-state index in [0.717, 1.165) is 6.08 Å². The molecule has 0 amide bonds. The van der Waals surface area contributed by atoms with Gasteiger partial charge in [-0.15, -0.1) is 0 Å². The van der Waals surface area contributed by atoms with Crippen LogP contribution in [0.1, 0.15) is 0 Å². The Morgan fingerprint density at radius 2 is 2.00 bits per heavy atom. The van der Waals surface area contributed by atoms with E-state index in [1.165, 1.54) is 0 Å². The summed E-state index contributed by atoms with van der Waals surface area (Å²) in [6.45, 7) is 0. The largest absolute Gasteiger partial charge is 0.258 e. The molecule has 0 bridgehead atoms. The second kappa shape index (κ2) is 2.46. The summed E-state index contributed by atoms with van der Waals surface area (Å²) in [6.07, 6.45) is 1.12. The van der Waals surface area contributed by atoms with Crippen molar-refractivity contribution in [2.45, 2.75) is 0 Å². The molecular formula is C4H5ClO4S2. The van der Waals surface area contributed by atoms with Crippen LogP contribution in [0.2, 0.25) is 0 Å². The molecule has 1 heterocycles. The van der Waals surface area contributed by atoms with Crippen molar-refractivity contribution >= 4 is 29.6 Å². The van der Waals surface area contributed by atoms with Gasteiger partial charge in [-0.25, -0.2) is 16.8 Å². The number of sulfone groups is 1. The molecule has 0 saturated heterocycles. The maximum absolute atomic E-state index is 10.7. The first-order valence-electron chi connectivity index (χ1n) is 2.65. The third-order valence-electron chi connectivity index (χ3n) is 1.24. The van der Waals surface area contributed by atoms with E-state index in [2.05, 4.69) is 0 Å². The van der Waals surface area contributed by atoms with Gasteiger partial charge in [-0.3, -0.25) is 0 Å². The standard InChI is InChI=1S/C4H5ClO4S2/c5-11(8,9)4-1-2-10(6,7)3-4/h1H,2-3H2. The first-order chi connectivity index (χ1) is 4.81. The Kier molecular flexibility index (Phi) is 2.02. The molecule has 0 saturated carbocycles. The lowest BCUT2D eigenvalue weighted by molar-refractivity contribution is 0.601. The zero-order valence-corrected chi connectivity index (χ0v) is 7.71. The molecule has 0 aliphatic carbocycles. The molecule has 0 unspecified atom stereocenters. The van der Waals surface area contributed by atoms with E-state index >= 15 is 0 Å². The second-order valence-electron chi connectivity index (χ2n) is 2.16. The van der Waals surface area contributed by atoms with E-state index in [1.54, 1.807) is 0 Å². The number of hydrogen-bond acceptors (Lipinski definition) is 4. The summed E-state index contributed by atoms with van der Waals surface area (Å²) in [4.78, 5) is -0.209. The van der Waals surface area contributed by atoms with Crippen LogP contribution in [0, 0.1) is 0 Å². The number of hydrogen-bond donors (Lipinski definition) is 0. The molecule has 0 aromatic rings. The molecule has 0 aromatic carbocycles. The summed E-state index contributed by atoms with van der Waals surface area (Å²) >= 11 is 0. The van der Waals surface area contributed by atoms with E-state index in [0.29, 0.717) is 0 Å². The van der Waals surface area contributed by atoms with Gasteiger partial charge in [-0.05, 0) is 0 Å². The van der Waals surface area contributed by atoms with Crippen LogP contribution in [0.15, 0.2) is 11.0 Å². The quantitative estimate of drug-likeness (QED) is 0.573. The van der Waals surface area contributed by atoms with Crippen LogP contribution in [0.4, 0.5) is 0 Å². The molecule has 1 rings (SSSR count). The Morgan fingerprint density at radius 1 is 1.45 bits per heavy atom. The predicted octanol–water partition coefficient (Wildman–Crippen LogP) is -0.133. The zero-order valence-electron chi connectivity index (χ0n) is 5.32. The summed E-state index contributed by atoms with van der Waals surface area (Å²) in [5.74, 6) is -0.687. The smallest absolute Gasteiger partial charge is 0.228 e. The van der Waals surface area contributed by atoms with Crippen molar-refractivity contribution in [1.29, 1.82) is 0 Å². The van der Waals surface area contributed by atoms with Crippen molar-refractivity contribution in [3.8, 4) is 0 Å². The third-order valence-corrected chi connectivity index (χ3v) is 4.38. The van der Waals surface area contributed by atoms with Crippen molar-refractivity contribution in [1.82, 2.24) is 0 Å². The minimum atomic E-state index is -3.82. The monoisotopic (exact) mass is 216 g/mol. The number of halogens is 1. The first-order valence-corrected chi connectivity index (χ1v) is 6.78. The molecule has 0 fully saturated rings. The van der Waals surface area contributed by atoms with Crippen LogP contribution in [-0.2, 0) is 18.9 Å². The van der Waals surface area contributed by atoms with Gasteiger partial charge in [0, 0.05) is 10.7 Å². The fraction of sp³-hybridized carbons (Fsp3) is 0.500. The van der Waals surface area contributed by atoms with E-state index < -0.39 is 24.6 Å². The summed E-state index contributed by atoms with van der Waals surface area (Å²) in [7, 11) is -2.15. The minimum absolute atomic E-state index is 0.209. The Labute approximate surface area is 69.2 Å². The van der Waals surface area contributed by atoms with Crippen LogP contribution in [0.25, 0.3) is 0 Å². The molecule has 0 aromatic heterocycles.